The topological polar surface area (TPSA) is 30.5 Å². The number of hydrogen-bond donors (Lipinski definition) is 1. The van der Waals surface area contributed by atoms with Gasteiger partial charge in [-0.3, -0.25) is 0 Å². The minimum absolute atomic E-state index is 0.559. The normalized spacial score (nSPS) is 19.1. The van der Waals surface area contributed by atoms with Gasteiger partial charge in [0, 0.05) is 17.2 Å². The van der Waals surface area contributed by atoms with Gasteiger partial charge in [0.15, 0.2) is 0 Å². The van der Waals surface area contributed by atoms with Crippen molar-refractivity contribution in [3.8, 4) is 5.75 Å². The van der Waals surface area contributed by atoms with E-state index < -0.39 is 0 Å². The van der Waals surface area contributed by atoms with Gasteiger partial charge in [-0.25, -0.2) is 0 Å². The van der Waals surface area contributed by atoms with Crippen LogP contribution in [-0.2, 0) is 11.3 Å². The Labute approximate surface area is 113 Å². The highest BCUT2D eigenvalue weighted by Crippen LogP contribution is 2.23. The predicted molar refractivity (Wildman–Crippen MR) is 73.3 cm³/mol. The third-order valence-electron chi connectivity index (χ3n) is 3.33. The Balaban J connectivity index is 1.76. The Morgan fingerprint density at radius 3 is 3.06 bits per heavy atom. The molecule has 1 heterocycles. The van der Waals surface area contributed by atoms with Crippen molar-refractivity contribution in [1.29, 1.82) is 0 Å². The first-order chi connectivity index (χ1) is 8.79. The van der Waals surface area contributed by atoms with Crippen LogP contribution in [0.15, 0.2) is 18.2 Å². The van der Waals surface area contributed by atoms with E-state index in [0.29, 0.717) is 6.61 Å². The summed E-state index contributed by atoms with van der Waals surface area (Å²) < 4.78 is 11.0. The number of halogens is 1. The van der Waals surface area contributed by atoms with Crippen molar-refractivity contribution in [3.05, 3.63) is 28.8 Å². The van der Waals surface area contributed by atoms with Gasteiger partial charge in [0.2, 0.25) is 0 Å². The summed E-state index contributed by atoms with van der Waals surface area (Å²) in [5, 5.41) is 4.08. The molecule has 1 fully saturated rings. The molecule has 0 radical (unpaired) electrons. The molecule has 1 aliphatic heterocycles. The van der Waals surface area contributed by atoms with E-state index in [1.165, 1.54) is 6.42 Å². The summed E-state index contributed by atoms with van der Waals surface area (Å²) in [7, 11) is 1.66. The van der Waals surface area contributed by atoms with Crippen molar-refractivity contribution in [2.75, 3.05) is 26.8 Å². The van der Waals surface area contributed by atoms with Gasteiger partial charge >= 0.3 is 0 Å². The van der Waals surface area contributed by atoms with Gasteiger partial charge in [0.1, 0.15) is 5.75 Å². The standard InChI is InChI=1S/C14H20ClNO2/c1-17-14-3-2-13(15)8-12(14)10-18-7-5-11-4-6-16-9-11/h2-3,8,11,16H,4-7,9-10H2,1H3. The molecular weight excluding hydrogens is 250 g/mol. The average Bonchev–Trinajstić information content (AvgIpc) is 2.88. The number of rotatable bonds is 6. The predicted octanol–water partition coefficient (Wildman–Crippen LogP) is 2.86. The zero-order valence-electron chi connectivity index (χ0n) is 10.7. The molecule has 0 spiro atoms. The molecule has 18 heavy (non-hydrogen) atoms. The van der Waals surface area contributed by atoms with Crippen LogP contribution >= 0.6 is 11.6 Å². The quantitative estimate of drug-likeness (QED) is 0.806. The molecule has 0 aromatic heterocycles. The second-order valence-electron chi connectivity index (χ2n) is 4.66. The van der Waals surface area contributed by atoms with E-state index in [1.807, 2.05) is 18.2 Å². The Morgan fingerprint density at radius 2 is 2.33 bits per heavy atom. The lowest BCUT2D eigenvalue weighted by Crippen LogP contribution is -2.10. The van der Waals surface area contributed by atoms with E-state index in [1.54, 1.807) is 7.11 Å². The molecule has 1 saturated heterocycles. The van der Waals surface area contributed by atoms with Crippen LogP contribution in [0.25, 0.3) is 0 Å². The fraction of sp³-hybridized carbons (Fsp3) is 0.571. The van der Waals surface area contributed by atoms with Crippen LogP contribution in [0.5, 0.6) is 5.75 Å². The largest absolute Gasteiger partial charge is 0.496 e. The van der Waals surface area contributed by atoms with Crippen LogP contribution < -0.4 is 10.1 Å². The highest BCUT2D eigenvalue weighted by Gasteiger charge is 2.13. The van der Waals surface area contributed by atoms with E-state index in [-0.39, 0.29) is 0 Å². The summed E-state index contributed by atoms with van der Waals surface area (Å²) in [6.45, 7) is 3.63. The molecule has 1 N–H and O–H groups in total. The van der Waals surface area contributed by atoms with Crippen LogP contribution in [0.3, 0.4) is 0 Å². The van der Waals surface area contributed by atoms with Gasteiger partial charge in [-0.15, -0.1) is 0 Å². The minimum Gasteiger partial charge on any atom is -0.496 e. The lowest BCUT2D eigenvalue weighted by Gasteiger charge is -2.11. The molecule has 100 valence electrons. The van der Waals surface area contributed by atoms with Gasteiger partial charge in [-0.05, 0) is 50.0 Å². The van der Waals surface area contributed by atoms with Crippen LogP contribution in [-0.4, -0.2) is 26.8 Å². The summed E-state index contributed by atoms with van der Waals surface area (Å²) in [5.74, 6) is 1.60. The smallest absolute Gasteiger partial charge is 0.124 e. The number of methoxy groups -OCH3 is 1. The van der Waals surface area contributed by atoms with Crippen LogP contribution in [0.4, 0.5) is 0 Å². The first-order valence-corrected chi connectivity index (χ1v) is 6.78. The van der Waals surface area contributed by atoms with Crippen molar-refractivity contribution < 1.29 is 9.47 Å². The maximum absolute atomic E-state index is 5.97. The number of ether oxygens (including phenoxy) is 2. The number of benzene rings is 1. The minimum atomic E-state index is 0.559. The number of nitrogens with one attached hydrogen (secondary N) is 1. The lowest BCUT2D eigenvalue weighted by atomic mass is 10.1. The first kappa shape index (κ1) is 13.7. The molecule has 3 nitrogen and oxygen atoms in total. The SMILES string of the molecule is COc1ccc(Cl)cc1COCCC1CCNC1. The Hall–Kier alpha value is -0.770. The molecule has 0 saturated carbocycles. The Bertz CT molecular complexity index is 378. The molecule has 1 unspecified atom stereocenters. The van der Waals surface area contributed by atoms with Crippen molar-refractivity contribution in [1.82, 2.24) is 5.32 Å². The molecule has 1 atom stereocenters. The molecule has 4 heteroatoms. The van der Waals surface area contributed by atoms with Crippen LogP contribution in [0.2, 0.25) is 5.02 Å². The summed E-state index contributed by atoms with van der Waals surface area (Å²) in [4.78, 5) is 0. The van der Waals surface area contributed by atoms with E-state index in [9.17, 15) is 0 Å². The average molecular weight is 270 g/mol. The Kier molecular flexibility index (Phi) is 5.29. The van der Waals surface area contributed by atoms with E-state index >= 15 is 0 Å². The fourth-order valence-corrected chi connectivity index (χ4v) is 2.45. The number of hydrogen-bond acceptors (Lipinski definition) is 3. The van der Waals surface area contributed by atoms with Gasteiger partial charge in [0.05, 0.1) is 13.7 Å². The van der Waals surface area contributed by atoms with Crippen LogP contribution in [0, 0.1) is 5.92 Å². The molecule has 2 rings (SSSR count). The Morgan fingerprint density at radius 1 is 1.44 bits per heavy atom. The molecule has 0 amide bonds. The highest BCUT2D eigenvalue weighted by atomic mass is 35.5. The maximum atomic E-state index is 5.97. The fourth-order valence-electron chi connectivity index (χ4n) is 2.25. The summed E-state index contributed by atoms with van der Waals surface area (Å²) >= 11 is 5.97. The van der Waals surface area contributed by atoms with E-state index in [2.05, 4.69) is 5.32 Å². The van der Waals surface area contributed by atoms with Gasteiger partial charge in [0.25, 0.3) is 0 Å². The van der Waals surface area contributed by atoms with E-state index in [0.717, 1.165) is 48.4 Å². The van der Waals surface area contributed by atoms with Crippen molar-refractivity contribution in [2.24, 2.45) is 5.92 Å². The third kappa shape index (κ3) is 3.87. The molecule has 1 aromatic rings. The molecule has 1 aliphatic rings. The summed E-state index contributed by atoms with van der Waals surface area (Å²) in [6, 6.07) is 5.60. The second-order valence-corrected chi connectivity index (χ2v) is 5.09. The maximum Gasteiger partial charge on any atom is 0.124 e. The lowest BCUT2D eigenvalue weighted by molar-refractivity contribution is 0.107. The van der Waals surface area contributed by atoms with Gasteiger partial charge < -0.3 is 14.8 Å². The summed E-state index contributed by atoms with van der Waals surface area (Å²) in [6.07, 6.45) is 2.39. The van der Waals surface area contributed by atoms with E-state index in [4.69, 9.17) is 21.1 Å². The van der Waals surface area contributed by atoms with Gasteiger partial charge in [-0.1, -0.05) is 11.6 Å². The van der Waals surface area contributed by atoms with Crippen molar-refractivity contribution in [2.45, 2.75) is 19.4 Å². The molecule has 0 bridgehead atoms. The van der Waals surface area contributed by atoms with Crippen molar-refractivity contribution in [3.63, 3.8) is 0 Å². The molecular formula is C14H20ClNO2. The first-order valence-electron chi connectivity index (χ1n) is 6.40. The molecule has 0 aliphatic carbocycles. The highest BCUT2D eigenvalue weighted by molar-refractivity contribution is 6.30. The third-order valence-corrected chi connectivity index (χ3v) is 3.57. The second kappa shape index (κ2) is 6.98. The molecule has 1 aromatic carbocycles. The van der Waals surface area contributed by atoms with Crippen LogP contribution in [0.1, 0.15) is 18.4 Å². The zero-order valence-corrected chi connectivity index (χ0v) is 11.5. The van der Waals surface area contributed by atoms with Gasteiger partial charge in [-0.2, -0.15) is 0 Å². The summed E-state index contributed by atoms with van der Waals surface area (Å²) in [5.41, 5.74) is 1.01. The monoisotopic (exact) mass is 269 g/mol. The van der Waals surface area contributed by atoms with Crippen molar-refractivity contribution >= 4 is 11.6 Å². The zero-order chi connectivity index (χ0) is 12.8.